The first kappa shape index (κ1) is 16.5. The van der Waals surface area contributed by atoms with Crippen LogP contribution in [0.15, 0.2) is 30.3 Å². The Labute approximate surface area is 130 Å². The van der Waals surface area contributed by atoms with Gasteiger partial charge in [0.15, 0.2) is 0 Å². The van der Waals surface area contributed by atoms with Crippen molar-refractivity contribution in [3.05, 3.63) is 35.9 Å². The summed E-state index contributed by atoms with van der Waals surface area (Å²) in [5, 5.41) is 2.97. The van der Waals surface area contributed by atoms with Gasteiger partial charge in [0.05, 0.1) is 13.2 Å². The number of primary amides is 1. The molecule has 1 aromatic carbocycles. The average Bonchev–Trinajstić information content (AvgIpc) is 2.50. The third kappa shape index (κ3) is 5.83. The number of piperidine rings is 1. The van der Waals surface area contributed by atoms with Crippen molar-refractivity contribution in [3.63, 3.8) is 0 Å². The first-order chi connectivity index (χ1) is 10.6. The largest absolute Gasteiger partial charge is 0.369 e. The molecule has 6 heteroatoms. The number of carbonyl (C=O) groups is 2. The summed E-state index contributed by atoms with van der Waals surface area (Å²) in [4.78, 5) is 24.7. The lowest BCUT2D eigenvalue weighted by atomic mass is 10.1. The molecule has 0 aliphatic carbocycles. The third-order valence-corrected chi connectivity index (χ3v) is 3.68. The van der Waals surface area contributed by atoms with E-state index in [0.29, 0.717) is 13.2 Å². The molecule has 0 spiro atoms. The van der Waals surface area contributed by atoms with E-state index in [0.717, 1.165) is 31.5 Å². The Morgan fingerprint density at radius 3 is 2.55 bits per heavy atom. The monoisotopic (exact) mass is 305 g/mol. The molecule has 1 fully saturated rings. The molecule has 1 heterocycles. The van der Waals surface area contributed by atoms with Gasteiger partial charge in [-0.2, -0.15) is 0 Å². The summed E-state index contributed by atoms with van der Waals surface area (Å²) in [5.41, 5.74) is 6.23. The van der Waals surface area contributed by atoms with E-state index in [1.807, 2.05) is 35.2 Å². The van der Waals surface area contributed by atoms with Crippen LogP contribution in [-0.2, 0) is 20.9 Å². The van der Waals surface area contributed by atoms with Crippen molar-refractivity contribution in [1.82, 2.24) is 10.2 Å². The van der Waals surface area contributed by atoms with Crippen molar-refractivity contribution in [1.29, 1.82) is 0 Å². The molecule has 120 valence electrons. The number of amides is 2. The van der Waals surface area contributed by atoms with Crippen LogP contribution in [0.2, 0.25) is 0 Å². The minimum absolute atomic E-state index is 0.0659. The number of nitrogens with zero attached hydrogens (tertiary/aromatic N) is 1. The fourth-order valence-corrected chi connectivity index (χ4v) is 2.56. The van der Waals surface area contributed by atoms with E-state index in [9.17, 15) is 9.59 Å². The summed E-state index contributed by atoms with van der Waals surface area (Å²) in [6.45, 7) is 2.35. The molecule has 0 atom stereocenters. The van der Waals surface area contributed by atoms with Gasteiger partial charge in [0, 0.05) is 19.1 Å². The Hall–Kier alpha value is -1.92. The molecule has 0 bridgehead atoms. The van der Waals surface area contributed by atoms with Gasteiger partial charge in [0.25, 0.3) is 0 Å². The van der Waals surface area contributed by atoms with Gasteiger partial charge in [-0.05, 0) is 18.4 Å². The van der Waals surface area contributed by atoms with Gasteiger partial charge >= 0.3 is 0 Å². The predicted molar refractivity (Wildman–Crippen MR) is 82.9 cm³/mol. The normalized spacial score (nSPS) is 16.4. The zero-order chi connectivity index (χ0) is 15.8. The topological polar surface area (TPSA) is 84.7 Å². The molecular formula is C16H23N3O3. The number of benzene rings is 1. The van der Waals surface area contributed by atoms with Gasteiger partial charge in [-0.25, -0.2) is 0 Å². The van der Waals surface area contributed by atoms with Crippen molar-refractivity contribution in [2.45, 2.75) is 25.5 Å². The molecule has 0 aromatic heterocycles. The standard InChI is InChI=1S/C16H23N3O3/c17-15(20)10-19-8-6-14(7-9-19)18-16(21)12-22-11-13-4-2-1-3-5-13/h1-5,14H,6-12H2,(H2,17,20)(H,18,21). The van der Waals surface area contributed by atoms with Crippen molar-refractivity contribution in [2.75, 3.05) is 26.2 Å². The average molecular weight is 305 g/mol. The van der Waals surface area contributed by atoms with Crippen molar-refractivity contribution < 1.29 is 14.3 Å². The number of carbonyl (C=O) groups excluding carboxylic acids is 2. The van der Waals surface area contributed by atoms with Crippen molar-refractivity contribution >= 4 is 11.8 Å². The molecule has 2 rings (SSSR count). The summed E-state index contributed by atoms with van der Waals surface area (Å²) >= 11 is 0. The van der Waals surface area contributed by atoms with E-state index in [4.69, 9.17) is 10.5 Å². The number of hydrogen-bond acceptors (Lipinski definition) is 4. The molecule has 1 aliphatic heterocycles. The highest BCUT2D eigenvalue weighted by atomic mass is 16.5. The molecule has 1 saturated heterocycles. The van der Waals surface area contributed by atoms with Gasteiger partial charge < -0.3 is 15.8 Å². The lowest BCUT2D eigenvalue weighted by molar-refractivity contribution is -0.127. The minimum Gasteiger partial charge on any atom is -0.369 e. The summed E-state index contributed by atoms with van der Waals surface area (Å²) in [7, 11) is 0. The number of ether oxygens (including phenoxy) is 1. The zero-order valence-corrected chi connectivity index (χ0v) is 12.7. The van der Waals surface area contributed by atoms with Gasteiger partial charge in [-0.15, -0.1) is 0 Å². The minimum atomic E-state index is -0.309. The Bertz CT molecular complexity index is 485. The summed E-state index contributed by atoms with van der Waals surface area (Å²) in [6, 6.07) is 9.91. The Kier molecular flexibility index (Phi) is 6.36. The van der Waals surface area contributed by atoms with Crippen LogP contribution in [0.3, 0.4) is 0 Å². The third-order valence-electron chi connectivity index (χ3n) is 3.68. The highest BCUT2D eigenvalue weighted by molar-refractivity contribution is 5.77. The van der Waals surface area contributed by atoms with Crippen LogP contribution in [0.1, 0.15) is 18.4 Å². The highest BCUT2D eigenvalue weighted by Gasteiger charge is 2.21. The molecule has 0 saturated carbocycles. The van der Waals surface area contributed by atoms with Crippen LogP contribution in [0.5, 0.6) is 0 Å². The lowest BCUT2D eigenvalue weighted by Crippen LogP contribution is -2.47. The number of likely N-dealkylation sites (tertiary alicyclic amines) is 1. The number of nitrogens with one attached hydrogen (secondary N) is 1. The molecule has 2 amide bonds. The number of nitrogens with two attached hydrogens (primary N) is 1. The van der Waals surface area contributed by atoms with Crippen LogP contribution in [0.25, 0.3) is 0 Å². The summed E-state index contributed by atoms with van der Waals surface area (Å²) in [6.07, 6.45) is 1.66. The maximum absolute atomic E-state index is 11.8. The van der Waals surface area contributed by atoms with E-state index in [2.05, 4.69) is 5.32 Å². The van der Waals surface area contributed by atoms with Crippen LogP contribution >= 0.6 is 0 Å². The second-order valence-electron chi connectivity index (χ2n) is 5.56. The molecule has 0 unspecified atom stereocenters. The highest BCUT2D eigenvalue weighted by Crippen LogP contribution is 2.09. The Balaban J connectivity index is 1.61. The van der Waals surface area contributed by atoms with E-state index in [1.165, 1.54) is 0 Å². The maximum Gasteiger partial charge on any atom is 0.246 e. The molecule has 0 radical (unpaired) electrons. The second kappa shape index (κ2) is 8.51. The maximum atomic E-state index is 11.8. The van der Waals surface area contributed by atoms with Gasteiger partial charge in [-0.3, -0.25) is 14.5 Å². The molecule has 3 N–H and O–H groups in total. The molecular weight excluding hydrogens is 282 g/mol. The lowest BCUT2D eigenvalue weighted by Gasteiger charge is -2.31. The zero-order valence-electron chi connectivity index (χ0n) is 12.7. The summed E-state index contributed by atoms with van der Waals surface area (Å²) in [5.74, 6) is -0.402. The first-order valence-corrected chi connectivity index (χ1v) is 7.55. The molecule has 6 nitrogen and oxygen atoms in total. The molecule has 1 aromatic rings. The van der Waals surface area contributed by atoms with E-state index < -0.39 is 0 Å². The predicted octanol–water partition coefficient (Wildman–Crippen LogP) is 0.269. The Morgan fingerprint density at radius 2 is 1.91 bits per heavy atom. The SMILES string of the molecule is NC(=O)CN1CCC(NC(=O)COCc2ccccc2)CC1. The smallest absolute Gasteiger partial charge is 0.246 e. The fourth-order valence-electron chi connectivity index (χ4n) is 2.56. The first-order valence-electron chi connectivity index (χ1n) is 7.55. The number of rotatable bonds is 7. The van der Waals surface area contributed by atoms with Crippen LogP contribution in [0, 0.1) is 0 Å². The Morgan fingerprint density at radius 1 is 1.23 bits per heavy atom. The van der Waals surface area contributed by atoms with Crippen LogP contribution in [-0.4, -0.2) is 49.0 Å². The van der Waals surface area contributed by atoms with Gasteiger partial charge in [0.1, 0.15) is 6.61 Å². The van der Waals surface area contributed by atoms with E-state index in [1.54, 1.807) is 0 Å². The van der Waals surface area contributed by atoms with Crippen LogP contribution < -0.4 is 11.1 Å². The molecule has 1 aliphatic rings. The van der Waals surface area contributed by atoms with Crippen molar-refractivity contribution in [2.24, 2.45) is 5.73 Å². The second-order valence-corrected chi connectivity index (χ2v) is 5.56. The van der Waals surface area contributed by atoms with Crippen LogP contribution in [0.4, 0.5) is 0 Å². The van der Waals surface area contributed by atoms with E-state index >= 15 is 0 Å². The van der Waals surface area contributed by atoms with Gasteiger partial charge in [0.2, 0.25) is 11.8 Å². The van der Waals surface area contributed by atoms with Crippen molar-refractivity contribution in [3.8, 4) is 0 Å². The van der Waals surface area contributed by atoms with E-state index in [-0.39, 0.29) is 24.5 Å². The van der Waals surface area contributed by atoms with Gasteiger partial charge in [-0.1, -0.05) is 30.3 Å². The summed E-state index contributed by atoms with van der Waals surface area (Å²) < 4.78 is 5.41. The quantitative estimate of drug-likeness (QED) is 0.757. The number of hydrogen-bond donors (Lipinski definition) is 2. The molecule has 22 heavy (non-hydrogen) atoms. The fraction of sp³-hybridized carbons (Fsp3) is 0.500.